The highest BCUT2D eigenvalue weighted by molar-refractivity contribution is 6.30. The standard InChI is InChI=1S/C21H23ClN2O5/c1-27-19-11-14(22)8-9-17(19)24-20(25)13-29-18-7-3-2-6-16(18)21(26)23-12-15-5-4-10-28-15/h2-3,6-9,11,15H,4-5,10,12-13H2,1H3,(H,23,26)(H,24,25)/t15-/m0/s1. The minimum absolute atomic E-state index is 0.0483. The maximum atomic E-state index is 12.5. The van der Waals surface area contributed by atoms with Crippen LogP contribution in [0.5, 0.6) is 11.5 Å². The first-order valence-electron chi connectivity index (χ1n) is 9.32. The molecule has 2 aromatic rings. The summed E-state index contributed by atoms with van der Waals surface area (Å²) in [5.41, 5.74) is 0.843. The SMILES string of the molecule is COc1cc(Cl)ccc1NC(=O)COc1ccccc1C(=O)NC[C@@H]1CCCO1. The number of benzene rings is 2. The van der Waals surface area contributed by atoms with Crippen LogP contribution in [0.15, 0.2) is 42.5 Å². The third kappa shape index (κ3) is 5.85. The first-order chi connectivity index (χ1) is 14.1. The maximum absolute atomic E-state index is 12.5. The van der Waals surface area contributed by atoms with Gasteiger partial charge in [-0.1, -0.05) is 23.7 Å². The number of rotatable bonds is 8. The highest BCUT2D eigenvalue weighted by Crippen LogP contribution is 2.27. The average Bonchev–Trinajstić information content (AvgIpc) is 3.25. The van der Waals surface area contributed by atoms with E-state index in [0.717, 1.165) is 19.4 Å². The molecule has 0 spiro atoms. The van der Waals surface area contributed by atoms with Gasteiger partial charge in [-0.15, -0.1) is 0 Å². The molecule has 2 aromatic carbocycles. The molecule has 1 aliphatic rings. The molecule has 0 bridgehead atoms. The summed E-state index contributed by atoms with van der Waals surface area (Å²) < 4.78 is 16.3. The monoisotopic (exact) mass is 418 g/mol. The van der Waals surface area contributed by atoms with Crippen LogP contribution in [0.2, 0.25) is 5.02 Å². The lowest BCUT2D eigenvalue weighted by molar-refractivity contribution is -0.118. The van der Waals surface area contributed by atoms with Gasteiger partial charge in [-0.05, 0) is 37.1 Å². The number of para-hydroxylation sites is 1. The summed E-state index contributed by atoms with van der Waals surface area (Å²) in [5.74, 6) is 0.117. The summed E-state index contributed by atoms with van der Waals surface area (Å²) in [4.78, 5) is 24.8. The van der Waals surface area contributed by atoms with Gasteiger partial charge < -0.3 is 24.8 Å². The van der Waals surface area contributed by atoms with E-state index in [2.05, 4.69) is 10.6 Å². The largest absolute Gasteiger partial charge is 0.495 e. The lowest BCUT2D eigenvalue weighted by Gasteiger charge is -2.14. The molecular weight excluding hydrogens is 396 g/mol. The zero-order chi connectivity index (χ0) is 20.6. The fourth-order valence-corrected chi connectivity index (χ4v) is 3.15. The second kappa shape index (κ2) is 10.1. The number of carbonyl (C=O) groups is 2. The first kappa shape index (κ1) is 21.0. The van der Waals surface area contributed by atoms with Crippen LogP contribution in [0.1, 0.15) is 23.2 Å². The number of hydrogen-bond acceptors (Lipinski definition) is 5. The molecule has 2 amide bonds. The van der Waals surface area contributed by atoms with Crippen LogP contribution in [0.25, 0.3) is 0 Å². The summed E-state index contributed by atoms with van der Waals surface area (Å²) in [6, 6.07) is 11.7. The molecule has 0 aliphatic carbocycles. The molecule has 1 saturated heterocycles. The summed E-state index contributed by atoms with van der Waals surface area (Å²) in [6.45, 7) is 0.916. The van der Waals surface area contributed by atoms with Crippen molar-refractivity contribution in [2.45, 2.75) is 18.9 Å². The number of ether oxygens (including phenoxy) is 3. The molecule has 1 fully saturated rings. The van der Waals surface area contributed by atoms with E-state index in [0.29, 0.717) is 34.3 Å². The second-order valence-electron chi connectivity index (χ2n) is 6.52. The highest BCUT2D eigenvalue weighted by atomic mass is 35.5. The van der Waals surface area contributed by atoms with Crippen LogP contribution >= 0.6 is 11.6 Å². The Labute approximate surface area is 174 Å². The predicted octanol–water partition coefficient (Wildman–Crippen LogP) is 3.27. The molecule has 3 rings (SSSR count). The Morgan fingerprint density at radius 3 is 2.79 bits per heavy atom. The van der Waals surface area contributed by atoms with Crippen molar-refractivity contribution in [3.05, 3.63) is 53.1 Å². The van der Waals surface area contributed by atoms with Crippen LogP contribution in [-0.2, 0) is 9.53 Å². The van der Waals surface area contributed by atoms with E-state index >= 15 is 0 Å². The molecule has 7 nitrogen and oxygen atoms in total. The maximum Gasteiger partial charge on any atom is 0.262 e. The van der Waals surface area contributed by atoms with Crippen molar-refractivity contribution in [3.8, 4) is 11.5 Å². The molecule has 29 heavy (non-hydrogen) atoms. The molecule has 0 unspecified atom stereocenters. The van der Waals surface area contributed by atoms with Crippen molar-refractivity contribution in [1.29, 1.82) is 0 Å². The van der Waals surface area contributed by atoms with Crippen LogP contribution < -0.4 is 20.1 Å². The molecule has 154 valence electrons. The van der Waals surface area contributed by atoms with Gasteiger partial charge in [0.25, 0.3) is 11.8 Å². The fraction of sp³-hybridized carbons (Fsp3) is 0.333. The van der Waals surface area contributed by atoms with Gasteiger partial charge in [0.05, 0.1) is 24.5 Å². The Balaban J connectivity index is 1.57. The summed E-state index contributed by atoms with van der Waals surface area (Å²) in [6.07, 6.45) is 1.99. The zero-order valence-electron chi connectivity index (χ0n) is 16.1. The Hall–Kier alpha value is -2.77. The van der Waals surface area contributed by atoms with Gasteiger partial charge >= 0.3 is 0 Å². The minimum atomic E-state index is -0.389. The van der Waals surface area contributed by atoms with Crippen LogP contribution in [0.4, 0.5) is 5.69 Å². The number of methoxy groups -OCH3 is 1. The Morgan fingerprint density at radius 1 is 1.21 bits per heavy atom. The van der Waals surface area contributed by atoms with Gasteiger partial charge in [0.1, 0.15) is 11.5 Å². The fourth-order valence-electron chi connectivity index (χ4n) is 2.99. The number of nitrogens with one attached hydrogen (secondary N) is 2. The predicted molar refractivity (Wildman–Crippen MR) is 110 cm³/mol. The van der Waals surface area contributed by atoms with Gasteiger partial charge in [0.15, 0.2) is 6.61 Å². The van der Waals surface area contributed by atoms with Crippen molar-refractivity contribution in [2.75, 3.05) is 32.2 Å². The molecule has 0 radical (unpaired) electrons. The van der Waals surface area contributed by atoms with Crippen molar-refractivity contribution in [2.24, 2.45) is 0 Å². The zero-order valence-corrected chi connectivity index (χ0v) is 16.8. The smallest absolute Gasteiger partial charge is 0.262 e. The first-order valence-corrected chi connectivity index (χ1v) is 9.69. The van der Waals surface area contributed by atoms with E-state index in [1.54, 1.807) is 42.5 Å². The van der Waals surface area contributed by atoms with Gasteiger partial charge in [-0.25, -0.2) is 0 Å². The number of carbonyl (C=O) groups excluding carboxylic acids is 2. The third-order valence-corrected chi connectivity index (χ3v) is 4.68. The lowest BCUT2D eigenvalue weighted by atomic mass is 10.1. The van der Waals surface area contributed by atoms with E-state index < -0.39 is 0 Å². The summed E-state index contributed by atoms with van der Waals surface area (Å²) in [5, 5.41) is 6.06. The van der Waals surface area contributed by atoms with Crippen molar-refractivity contribution in [3.63, 3.8) is 0 Å². The minimum Gasteiger partial charge on any atom is -0.495 e. The molecule has 1 atom stereocenters. The van der Waals surface area contributed by atoms with E-state index in [-0.39, 0.29) is 24.5 Å². The summed E-state index contributed by atoms with van der Waals surface area (Å²) >= 11 is 5.92. The van der Waals surface area contributed by atoms with Gasteiger partial charge in [-0.3, -0.25) is 9.59 Å². The molecule has 0 saturated carbocycles. The number of anilines is 1. The van der Waals surface area contributed by atoms with E-state index in [1.807, 2.05) is 0 Å². The van der Waals surface area contributed by atoms with Gasteiger partial charge in [0.2, 0.25) is 0 Å². The lowest BCUT2D eigenvalue weighted by Crippen LogP contribution is -2.32. The van der Waals surface area contributed by atoms with Crippen LogP contribution in [0, 0.1) is 0 Å². The van der Waals surface area contributed by atoms with Crippen molar-refractivity contribution >= 4 is 29.1 Å². The Morgan fingerprint density at radius 2 is 2.03 bits per heavy atom. The number of amides is 2. The summed E-state index contributed by atoms with van der Waals surface area (Å²) in [7, 11) is 1.49. The van der Waals surface area contributed by atoms with Gasteiger partial charge in [-0.2, -0.15) is 0 Å². The van der Waals surface area contributed by atoms with E-state index in [4.69, 9.17) is 25.8 Å². The quantitative estimate of drug-likeness (QED) is 0.687. The number of halogens is 1. The molecule has 8 heteroatoms. The molecule has 1 aliphatic heterocycles. The molecule has 1 heterocycles. The molecule has 2 N–H and O–H groups in total. The Bertz CT molecular complexity index is 868. The van der Waals surface area contributed by atoms with Gasteiger partial charge in [0, 0.05) is 24.2 Å². The topological polar surface area (TPSA) is 85.9 Å². The second-order valence-corrected chi connectivity index (χ2v) is 6.96. The van der Waals surface area contributed by atoms with Crippen LogP contribution in [0.3, 0.4) is 0 Å². The molecule has 0 aromatic heterocycles. The number of hydrogen-bond donors (Lipinski definition) is 2. The average molecular weight is 419 g/mol. The molecular formula is C21H23ClN2O5. The van der Waals surface area contributed by atoms with Crippen molar-refractivity contribution < 1.29 is 23.8 Å². The highest BCUT2D eigenvalue weighted by Gasteiger charge is 2.19. The normalized spacial score (nSPS) is 15.6. The van der Waals surface area contributed by atoms with E-state index in [9.17, 15) is 9.59 Å². The Kier molecular flexibility index (Phi) is 7.32. The van der Waals surface area contributed by atoms with E-state index in [1.165, 1.54) is 7.11 Å². The third-order valence-electron chi connectivity index (χ3n) is 4.44. The van der Waals surface area contributed by atoms with Crippen LogP contribution in [-0.4, -0.2) is 44.8 Å². The van der Waals surface area contributed by atoms with Crippen molar-refractivity contribution in [1.82, 2.24) is 5.32 Å².